The minimum absolute atomic E-state index is 0.113. The van der Waals surface area contributed by atoms with Crippen molar-refractivity contribution in [3.05, 3.63) is 35.9 Å². The molecule has 94 valence electrons. The molecule has 2 amide bonds. The lowest BCUT2D eigenvalue weighted by Gasteiger charge is -2.20. The Morgan fingerprint density at radius 1 is 1.33 bits per heavy atom. The number of imide groups is 1. The fourth-order valence-electron chi connectivity index (χ4n) is 3.01. The Hall–Kier alpha value is -1.68. The SMILES string of the molecule is C[C@]12CN(Cc3ccccc3)C[C@H]1C(=O)NC2=O. The second-order valence-electron chi connectivity index (χ2n) is 5.44. The zero-order chi connectivity index (χ0) is 12.8. The molecule has 3 rings (SSSR count). The van der Waals surface area contributed by atoms with E-state index in [0.717, 1.165) is 6.54 Å². The number of amides is 2. The van der Waals surface area contributed by atoms with E-state index in [0.29, 0.717) is 13.1 Å². The fourth-order valence-corrected chi connectivity index (χ4v) is 3.01. The summed E-state index contributed by atoms with van der Waals surface area (Å²) < 4.78 is 0. The van der Waals surface area contributed by atoms with Crippen LogP contribution in [0.25, 0.3) is 0 Å². The molecule has 0 unspecified atom stereocenters. The molecule has 0 bridgehead atoms. The van der Waals surface area contributed by atoms with Crippen molar-refractivity contribution in [2.75, 3.05) is 13.1 Å². The first-order valence-electron chi connectivity index (χ1n) is 6.21. The Balaban J connectivity index is 1.76. The van der Waals surface area contributed by atoms with Crippen molar-refractivity contribution in [2.45, 2.75) is 13.5 Å². The van der Waals surface area contributed by atoms with Crippen molar-refractivity contribution >= 4 is 11.8 Å². The molecule has 0 spiro atoms. The van der Waals surface area contributed by atoms with Crippen LogP contribution in [-0.4, -0.2) is 29.8 Å². The van der Waals surface area contributed by atoms with Crippen LogP contribution in [0.15, 0.2) is 30.3 Å². The summed E-state index contributed by atoms with van der Waals surface area (Å²) in [6.45, 7) is 4.02. The molecule has 1 N–H and O–H groups in total. The molecular formula is C14H16N2O2. The molecule has 1 aromatic carbocycles. The largest absolute Gasteiger partial charge is 0.297 e. The molecule has 1 aromatic rings. The Bertz CT molecular complexity index is 500. The number of rotatable bonds is 2. The van der Waals surface area contributed by atoms with Gasteiger partial charge in [0.2, 0.25) is 11.8 Å². The van der Waals surface area contributed by atoms with Gasteiger partial charge in [0.25, 0.3) is 0 Å². The Morgan fingerprint density at radius 2 is 2.06 bits per heavy atom. The minimum Gasteiger partial charge on any atom is -0.297 e. The second-order valence-corrected chi connectivity index (χ2v) is 5.44. The van der Waals surface area contributed by atoms with Gasteiger partial charge in [0.05, 0.1) is 11.3 Å². The van der Waals surface area contributed by atoms with Crippen LogP contribution < -0.4 is 5.32 Å². The smallest absolute Gasteiger partial charge is 0.234 e. The van der Waals surface area contributed by atoms with Crippen molar-refractivity contribution < 1.29 is 9.59 Å². The van der Waals surface area contributed by atoms with E-state index < -0.39 is 5.41 Å². The molecule has 2 heterocycles. The van der Waals surface area contributed by atoms with Crippen LogP contribution in [0.2, 0.25) is 0 Å². The lowest BCUT2D eigenvalue weighted by atomic mass is 9.82. The lowest BCUT2D eigenvalue weighted by Crippen LogP contribution is -2.35. The summed E-state index contributed by atoms with van der Waals surface area (Å²) in [5.41, 5.74) is 0.681. The molecule has 2 aliphatic heterocycles. The molecule has 2 aliphatic rings. The van der Waals surface area contributed by atoms with E-state index in [1.165, 1.54) is 5.56 Å². The third-order valence-electron chi connectivity index (χ3n) is 4.08. The van der Waals surface area contributed by atoms with Gasteiger partial charge in [-0.25, -0.2) is 0 Å². The van der Waals surface area contributed by atoms with Gasteiger partial charge in [0.1, 0.15) is 0 Å². The Labute approximate surface area is 106 Å². The van der Waals surface area contributed by atoms with Crippen LogP contribution in [0.5, 0.6) is 0 Å². The van der Waals surface area contributed by atoms with E-state index in [4.69, 9.17) is 0 Å². The van der Waals surface area contributed by atoms with Crippen LogP contribution in [0.3, 0.4) is 0 Å². The first-order valence-corrected chi connectivity index (χ1v) is 6.21. The van der Waals surface area contributed by atoms with Crippen molar-refractivity contribution in [3.8, 4) is 0 Å². The molecule has 0 radical (unpaired) electrons. The third kappa shape index (κ3) is 1.64. The maximum Gasteiger partial charge on any atom is 0.234 e. The molecule has 2 fully saturated rings. The van der Waals surface area contributed by atoms with E-state index in [1.54, 1.807) is 0 Å². The zero-order valence-electron chi connectivity index (χ0n) is 10.3. The fraction of sp³-hybridized carbons (Fsp3) is 0.429. The van der Waals surface area contributed by atoms with Crippen LogP contribution >= 0.6 is 0 Å². The standard InChI is InChI=1S/C14H16N2O2/c1-14-9-16(7-10-5-3-2-4-6-10)8-11(14)12(17)15-13(14)18/h2-6,11H,7-9H2,1H3,(H,15,17,18)/t11-,14-/m0/s1. The van der Waals surface area contributed by atoms with Crippen LogP contribution in [0, 0.1) is 11.3 Å². The third-order valence-corrected chi connectivity index (χ3v) is 4.08. The van der Waals surface area contributed by atoms with Crippen LogP contribution in [-0.2, 0) is 16.1 Å². The van der Waals surface area contributed by atoms with E-state index in [-0.39, 0.29) is 17.7 Å². The molecular weight excluding hydrogens is 228 g/mol. The number of benzene rings is 1. The molecule has 0 aromatic heterocycles. The number of carbonyl (C=O) groups is 2. The highest BCUT2D eigenvalue weighted by Gasteiger charge is 2.56. The first-order chi connectivity index (χ1) is 8.59. The number of nitrogens with zero attached hydrogens (tertiary/aromatic N) is 1. The van der Waals surface area contributed by atoms with Crippen LogP contribution in [0.4, 0.5) is 0 Å². The molecule has 0 aliphatic carbocycles. The maximum absolute atomic E-state index is 11.8. The monoisotopic (exact) mass is 244 g/mol. The normalized spacial score (nSPS) is 31.5. The van der Waals surface area contributed by atoms with Gasteiger partial charge < -0.3 is 0 Å². The maximum atomic E-state index is 11.8. The predicted molar refractivity (Wildman–Crippen MR) is 66.5 cm³/mol. The number of carbonyl (C=O) groups excluding carboxylic acids is 2. The number of nitrogens with one attached hydrogen (secondary N) is 1. The van der Waals surface area contributed by atoms with Gasteiger partial charge in [-0.15, -0.1) is 0 Å². The predicted octanol–water partition coefficient (Wildman–Crippen LogP) is 0.781. The highest BCUT2D eigenvalue weighted by Crippen LogP contribution is 2.40. The topological polar surface area (TPSA) is 49.4 Å². The molecule has 2 atom stereocenters. The lowest BCUT2D eigenvalue weighted by molar-refractivity contribution is -0.128. The van der Waals surface area contributed by atoms with Gasteiger partial charge in [-0.2, -0.15) is 0 Å². The van der Waals surface area contributed by atoms with Gasteiger partial charge in [-0.3, -0.25) is 19.8 Å². The number of hydrogen-bond donors (Lipinski definition) is 1. The van der Waals surface area contributed by atoms with Gasteiger partial charge in [0.15, 0.2) is 0 Å². The average Bonchev–Trinajstić information content (AvgIpc) is 2.77. The summed E-state index contributed by atoms with van der Waals surface area (Å²) in [7, 11) is 0. The summed E-state index contributed by atoms with van der Waals surface area (Å²) in [6, 6.07) is 10.1. The molecule has 4 heteroatoms. The van der Waals surface area contributed by atoms with E-state index >= 15 is 0 Å². The molecule has 4 nitrogen and oxygen atoms in total. The summed E-state index contributed by atoms with van der Waals surface area (Å²) in [4.78, 5) is 25.7. The second kappa shape index (κ2) is 3.92. The number of fused-ring (bicyclic) bond motifs is 1. The minimum atomic E-state index is -0.536. The Morgan fingerprint density at radius 3 is 2.72 bits per heavy atom. The average molecular weight is 244 g/mol. The molecule has 18 heavy (non-hydrogen) atoms. The zero-order valence-corrected chi connectivity index (χ0v) is 10.3. The van der Waals surface area contributed by atoms with Gasteiger partial charge in [0, 0.05) is 19.6 Å². The van der Waals surface area contributed by atoms with Crippen molar-refractivity contribution in [3.63, 3.8) is 0 Å². The highest BCUT2D eigenvalue weighted by molar-refractivity contribution is 6.07. The van der Waals surface area contributed by atoms with E-state index in [2.05, 4.69) is 22.3 Å². The number of hydrogen-bond acceptors (Lipinski definition) is 3. The van der Waals surface area contributed by atoms with Crippen molar-refractivity contribution in [1.82, 2.24) is 10.2 Å². The summed E-state index contributed by atoms with van der Waals surface area (Å²) in [5.74, 6) is -0.417. The quantitative estimate of drug-likeness (QED) is 0.782. The van der Waals surface area contributed by atoms with E-state index in [9.17, 15) is 9.59 Å². The van der Waals surface area contributed by atoms with Crippen molar-refractivity contribution in [2.24, 2.45) is 11.3 Å². The van der Waals surface area contributed by atoms with Crippen LogP contribution in [0.1, 0.15) is 12.5 Å². The van der Waals surface area contributed by atoms with Gasteiger partial charge in [-0.05, 0) is 12.5 Å². The highest BCUT2D eigenvalue weighted by atomic mass is 16.2. The van der Waals surface area contributed by atoms with Crippen molar-refractivity contribution in [1.29, 1.82) is 0 Å². The Kier molecular flexibility index (Phi) is 2.48. The van der Waals surface area contributed by atoms with Gasteiger partial charge in [-0.1, -0.05) is 30.3 Å². The summed E-state index contributed by atoms with van der Waals surface area (Å²) in [6.07, 6.45) is 0. The number of likely N-dealkylation sites (tertiary alicyclic amines) is 1. The van der Waals surface area contributed by atoms with Gasteiger partial charge >= 0.3 is 0 Å². The first kappa shape index (κ1) is 11.4. The molecule has 0 saturated carbocycles. The summed E-state index contributed by atoms with van der Waals surface area (Å²) >= 11 is 0. The molecule has 2 saturated heterocycles. The summed E-state index contributed by atoms with van der Waals surface area (Å²) in [5, 5.41) is 2.44. The van der Waals surface area contributed by atoms with E-state index in [1.807, 2.05) is 25.1 Å².